The van der Waals surface area contributed by atoms with Crippen LogP contribution in [0.25, 0.3) is 0 Å². The Morgan fingerprint density at radius 2 is 2.18 bits per heavy atom. The average molecular weight is 304 g/mol. The smallest absolute Gasteiger partial charge is 0.123 e. The number of likely N-dealkylation sites (N-methyl/N-ethyl adjacent to an activating group) is 1. The molecule has 2 N–H and O–H groups in total. The standard InChI is InChI=1S/C12H18BrNO3/c1-14(7-11(16)8-15)6-9-5-10(13)3-4-12(9)17-2/h3-5,11,15-16H,6-8H2,1-2H3. The molecule has 0 radical (unpaired) electrons. The van der Waals surface area contributed by atoms with E-state index in [-0.39, 0.29) is 6.61 Å². The van der Waals surface area contributed by atoms with Gasteiger partial charge in [0.2, 0.25) is 0 Å². The fourth-order valence-corrected chi connectivity index (χ4v) is 2.05. The summed E-state index contributed by atoms with van der Waals surface area (Å²) in [5, 5.41) is 18.1. The number of nitrogens with zero attached hydrogens (tertiary/aromatic N) is 1. The van der Waals surface area contributed by atoms with Gasteiger partial charge in [-0.25, -0.2) is 0 Å². The zero-order valence-electron chi connectivity index (χ0n) is 10.1. The third kappa shape index (κ3) is 4.63. The molecule has 1 atom stereocenters. The lowest BCUT2D eigenvalue weighted by Gasteiger charge is -2.20. The highest BCUT2D eigenvalue weighted by Gasteiger charge is 2.10. The molecular weight excluding hydrogens is 286 g/mol. The third-order valence-electron chi connectivity index (χ3n) is 2.42. The van der Waals surface area contributed by atoms with E-state index in [1.54, 1.807) is 7.11 Å². The molecule has 0 amide bonds. The molecule has 4 nitrogen and oxygen atoms in total. The Morgan fingerprint density at radius 3 is 2.76 bits per heavy atom. The normalized spacial score (nSPS) is 12.8. The zero-order valence-corrected chi connectivity index (χ0v) is 11.6. The maximum atomic E-state index is 9.36. The van der Waals surface area contributed by atoms with Crippen molar-refractivity contribution in [3.05, 3.63) is 28.2 Å². The molecule has 0 aliphatic rings. The molecule has 5 heteroatoms. The number of rotatable bonds is 6. The van der Waals surface area contributed by atoms with Crippen LogP contribution in [0.15, 0.2) is 22.7 Å². The van der Waals surface area contributed by atoms with Gasteiger partial charge in [0.25, 0.3) is 0 Å². The van der Waals surface area contributed by atoms with Crippen LogP contribution in [0.1, 0.15) is 5.56 Å². The van der Waals surface area contributed by atoms with E-state index in [0.29, 0.717) is 13.1 Å². The molecule has 0 aromatic heterocycles. The summed E-state index contributed by atoms with van der Waals surface area (Å²) in [7, 11) is 3.52. The summed E-state index contributed by atoms with van der Waals surface area (Å²) in [6, 6.07) is 5.81. The van der Waals surface area contributed by atoms with Gasteiger partial charge in [-0.1, -0.05) is 15.9 Å². The molecule has 0 spiro atoms. The molecular formula is C12H18BrNO3. The first-order valence-corrected chi connectivity index (χ1v) is 6.16. The highest BCUT2D eigenvalue weighted by atomic mass is 79.9. The second kappa shape index (κ2) is 6.96. The molecule has 0 heterocycles. The molecule has 0 aliphatic carbocycles. The Hall–Kier alpha value is -0.620. The van der Waals surface area contributed by atoms with E-state index < -0.39 is 6.10 Å². The first-order valence-electron chi connectivity index (χ1n) is 5.36. The number of hydrogen-bond donors (Lipinski definition) is 2. The summed E-state index contributed by atoms with van der Waals surface area (Å²) in [5.74, 6) is 0.818. The third-order valence-corrected chi connectivity index (χ3v) is 2.91. The van der Waals surface area contributed by atoms with Crippen LogP contribution in [0, 0.1) is 0 Å². The molecule has 0 bridgehead atoms. The van der Waals surface area contributed by atoms with Gasteiger partial charge in [-0.05, 0) is 25.2 Å². The van der Waals surface area contributed by atoms with Crippen molar-refractivity contribution < 1.29 is 14.9 Å². The molecule has 1 aromatic rings. The highest BCUT2D eigenvalue weighted by Crippen LogP contribution is 2.23. The minimum atomic E-state index is -0.710. The number of benzene rings is 1. The topological polar surface area (TPSA) is 52.9 Å². The van der Waals surface area contributed by atoms with Crippen molar-refractivity contribution >= 4 is 15.9 Å². The molecule has 1 unspecified atom stereocenters. The van der Waals surface area contributed by atoms with E-state index in [0.717, 1.165) is 15.8 Å². The maximum absolute atomic E-state index is 9.36. The number of methoxy groups -OCH3 is 1. The van der Waals surface area contributed by atoms with E-state index in [2.05, 4.69) is 15.9 Å². The number of halogens is 1. The summed E-state index contributed by atoms with van der Waals surface area (Å²) in [6.45, 7) is 0.853. The summed E-state index contributed by atoms with van der Waals surface area (Å²) >= 11 is 3.42. The molecule has 96 valence electrons. The molecule has 17 heavy (non-hydrogen) atoms. The summed E-state index contributed by atoms with van der Waals surface area (Å²) in [4.78, 5) is 1.94. The Kier molecular flexibility index (Phi) is 5.91. The van der Waals surface area contributed by atoms with Gasteiger partial charge < -0.3 is 14.9 Å². The molecule has 0 fully saturated rings. The number of aliphatic hydroxyl groups is 2. The molecule has 1 rings (SSSR count). The van der Waals surface area contributed by atoms with Gasteiger partial charge in [0.1, 0.15) is 5.75 Å². The van der Waals surface area contributed by atoms with Crippen LogP contribution in [0.3, 0.4) is 0 Å². The second-order valence-corrected chi connectivity index (χ2v) is 4.90. The van der Waals surface area contributed by atoms with Crippen LogP contribution in [-0.4, -0.2) is 48.5 Å². The van der Waals surface area contributed by atoms with Gasteiger partial charge in [0.15, 0.2) is 0 Å². The lowest BCUT2D eigenvalue weighted by molar-refractivity contribution is 0.0646. The van der Waals surface area contributed by atoms with Crippen LogP contribution in [-0.2, 0) is 6.54 Å². The first-order chi connectivity index (χ1) is 8.06. The first kappa shape index (κ1) is 14.4. The Labute approximate surface area is 110 Å². The van der Waals surface area contributed by atoms with Gasteiger partial charge in [-0.3, -0.25) is 4.90 Å². The van der Waals surface area contributed by atoms with Crippen molar-refractivity contribution in [1.29, 1.82) is 0 Å². The summed E-state index contributed by atoms with van der Waals surface area (Å²) < 4.78 is 6.26. The summed E-state index contributed by atoms with van der Waals surface area (Å²) in [6.07, 6.45) is -0.710. The Bertz CT molecular complexity index is 360. The van der Waals surface area contributed by atoms with Crippen molar-refractivity contribution in [2.24, 2.45) is 0 Å². The second-order valence-electron chi connectivity index (χ2n) is 3.99. The van der Waals surface area contributed by atoms with Crippen molar-refractivity contribution in [2.45, 2.75) is 12.6 Å². The van der Waals surface area contributed by atoms with E-state index >= 15 is 0 Å². The van der Waals surface area contributed by atoms with Gasteiger partial charge >= 0.3 is 0 Å². The largest absolute Gasteiger partial charge is 0.496 e. The number of aliphatic hydroxyl groups excluding tert-OH is 2. The van der Waals surface area contributed by atoms with E-state index in [1.165, 1.54) is 0 Å². The number of hydrogen-bond acceptors (Lipinski definition) is 4. The SMILES string of the molecule is COc1ccc(Br)cc1CN(C)CC(O)CO. The minimum Gasteiger partial charge on any atom is -0.496 e. The van der Waals surface area contributed by atoms with Gasteiger partial charge in [-0.2, -0.15) is 0 Å². The van der Waals surface area contributed by atoms with Crippen LogP contribution < -0.4 is 4.74 Å². The Balaban J connectivity index is 2.69. The number of ether oxygens (including phenoxy) is 1. The van der Waals surface area contributed by atoms with Crippen LogP contribution >= 0.6 is 15.9 Å². The lowest BCUT2D eigenvalue weighted by atomic mass is 10.2. The predicted molar refractivity (Wildman–Crippen MR) is 70.1 cm³/mol. The quantitative estimate of drug-likeness (QED) is 0.830. The maximum Gasteiger partial charge on any atom is 0.123 e. The molecule has 0 saturated heterocycles. The predicted octanol–water partition coefficient (Wildman–Crippen LogP) is 1.24. The summed E-state index contributed by atoms with van der Waals surface area (Å²) in [5.41, 5.74) is 1.04. The van der Waals surface area contributed by atoms with Crippen LogP contribution in [0.2, 0.25) is 0 Å². The van der Waals surface area contributed by atoms with Crippen LogP contribution in [0.4, 0.5) is 0 Å². The van der Waals surface area contributed by atoms with Crippen molar-refractivity contribution in [1.82, 2.24) is 4.90 Å². The molecule has 0 aliphatic heterocycles. The highest BCUT2D eigenvalue weighted by molar-refractivity contribution is 9.10. The van der Waals surface area contributed by atoms with E-state index in [9.17, 15) is 5.11 Å². The average Bonchev–Trinajstić information content (AvgIpc) is 2.29. The van der Waals surface area contributed by atoms with Crippen LogP contribution in [0.5, 0.6) is 5.75 Å². The van der Waals surface area contributed by atoms with Crippen molar-refractivity contribution in [3.8, 4) is 5.75 Å². The molecule has 1 aromatic carbocycles. The Morgan fingerprint density at radius 1 is 1.47 bits per heavy atom. The van der Waals surface area contributed by atoms with Gasteiger partial charge in [0.05, 0.1) is 19.8 Å². The van der Waals surface area contributed by atoms with Gasteiger partial charge in [0, 0.05) is 23.1 Å². The van der Waals surface area contributed by atoms with Gasteiger partial charge in [-0.15, -0.1) is 0 Å². The van der Waals surface area contributed by atoms with Crippen molar-refractivity contribution in [2.75, 3.05) is 27.3 Å². The fourth-order valence-electron chi connectivity index (χ4n) is 1.64. The lowest BCUT2D eigenvalue weighted by Crippen LogP contribution is -2.31. The fraction of sp³-hybridized carbons (Fsp3) is 0.500. The van der Waals surface area contributed by atoms with E-state index in [1.807, 2.05) is 30.1 Å². The monoisotopic (exact) mass is 303 g/mol. The minimum absolute atomic E-state index is 0.222. The van der Waals surface area contributed by atoms with E-state index in [4.69, 9.17) is 9.84 Å². The molecule has 0 saturated carbocycles. The van der Waals surface area contributed by atoms with Crippen molar-refractivity contribution in [3.63, 3.8) is 0 Å². The zero-order chi connectivity index (χ0) is 12.8.